The predicted octanol–water partition coefficient (Wildman–Crippen LogP) is 2.53. The summed E-state index contributed by atoms with van der Waals surface area (Å²) in [4.78, 5) is 14.5. The minimum absolute atomic E-state index is 0.0517. The Hall–Kier alpha value is -2.57. The molecule has 2 amide bonds. The van der Waals surface area contributed by atoms with E-state index in [0.717, 1.165) is 42.3 Å². The summed E-state index contributed by atoms with van der Waals surface area (Å²) in [5, 5.41) is 11.3. The summed E-state index contributed by atoms with van der Waals surface area (Å²) in [6, 6.07) is 7.66. The molecule has 1 aliphatic heterocycles. The second-order valence-corrected chi connectivity index (χ2v) is 6.18. The lowest BCUT2D eigenvalue weighted by Gasteiger charge is -2.28. The quantitative estimate of drug-likeness (QED) is 0.875. The molecule has 134 valence electrons. The largest absolute Gasteiger partial charge is 0.497 e. The van der Waals surface area contributed by atoms with Gasteiger partial charge in [-0.3, -0.25) is 0 Å². The molecule has 3 rings (SSSR count). The maximum Gasteiger partial charge on any atom is 0.318 e. The van der Waals surface area contributed by atoms with Crippen molar-refractivity contribution in [1.29, 1.82) is 0 Å². The highest BCUT2D eigenvalue weighted by Crippen LogP contribution is 2.24. The van der Waals surface area contributed by atoms with Gasteiger partial charge in [0.05, 0.1) is 19.7 Å². The van der Waals surface area contributed by atoms with Gasteiger partial charge in [-0.05, 0) is 38.0 Å². The smallest absolute Gasteiger partial charge is 0.318 e. The van der Waals surface area contributed by atoms with Crippen molar-refractivity contribution in [3.63, 3.8) is 0 Å². The van der Waals surface area contributed by atoms with E-state index >= 15 is 0 Å². The molecule has 1 unspecified atom stereocenters. The number of fused-ring (bicyclic) bond motifs is 1. The van der Waals surface area contributed by atoms with E-state index in [2.05, 4.69) is 20.1 Å². The number of urea groups is 1. The average molecular weight is 343 g/mol. The Balaban J connectivity index is 1.65. The van der Waals surface area contributed by atoms with Crippen LogP contribution in [0.3, 0.4) is 0 Å². The zero-order valence-electron chi connectivity index (χ0n) is 15.0. The molecule has 7 heteroatoms. The topological polar surface area (TPSA) is 72.3 Å². The number of carbonyl (C=O) groups is 1. The molecule has 1 aliphatic rings. The van der Waals surface area contributed by atoms with Gasteiger partial charge in [0, 0.05) is 19.5 Å². The maximum atomic E-state index is 12.7. The predicted molar refractivity (Wildman–Crippen MR) is 94.4 cm³/mol. The lowest BCUT2D eigenvalue weighted by atomic mass is 10.1. The number of aryl methyl sites for hydroxylation is 1. The van der Waals surface area contributed by atoms with Gasteiger partial charge >= 0.3 is 6.03 Å². The van der Waals surface area contributed by atoms with E-state index < -0.39 is 0 Å². The number of aromatic nitrogens is 3. The molecule has 1 aromatic carbocycles. The zero-order chi connectivity index (χ0) is 17.8. The molecule has 2 heterocycles. The monoisotopic (exact) mass is 343 g/mol. The van der Waals surface area contributed by atoms with E-state index in [4.69, 9.17) is 4.74 Å². The van der Waals surface area contributed by atoms with Gasteiger partial charge in [0.2, 0.25) is 0 Å². The second-order valence-electron chi connectivity index (χ2n) is 6.18. The van der Waals surface area contributed by atoms with Gasteiger partial charge in [0.25, 0.3) is 0 Å². The number of hydrogen-bond acceptors (Lipinski definition) is 4. The summed E-state index contributed by atoms with van der Waals surface area (Å²) < 4.78 is 7.38. The second kappa shape index (κ2) is 7.55. The van der Waals surface area contributed by atoms with Crippen molar-refractivity contribution in [3.8, 4) is 5.75 Å². The molecule has 0 saturated heterocycles. The molecule has 0 bridgehead atoms. The van der Waals surface area contributed by atoms with Crippen LogP contribution in [0.1, 0.15) is 43.5 Å². The van der Waals surface area contributed by atoms with Crippen molar-refractivity contribution in [3.05, 3.63) is 41.5 Å². The van der Waals surface area contributed by atoms with Crippen molar-refractivity contribution >= 4 is 6.03 Å². The third-order valence-corrected chi connectivity index (χ3v) is 4.73. The summed E-state index contributed by atoms with van der Waals surface area (Å²) in [6.45, 7) is 5.94. The summed E-state index contributed by atoms with van der Waals surface area (Å²) in [5.41, 5.74) is 1.04. The highest BCUT2D eigenvalue weighted by atomic mass is 16.5. The molecule has 0 saturated carbocycles. The molecule has 0 radical (unpaired) electrons. The van der Waals surface area contributed by atoms with Crippen LogP contribution in [0.25, 0.3) is 0 Å². The van der Waals surface area contributed by atoms with Crippen LogP contribution in [0.5, 0.6) is 5.75 Å². The normalized spacial score (nSPS) is 14.0. The van der Waals surface area contributed by atoms with Gasteiger partial charge in [0.15, 0.2) is 5.82 Å². The summed E-state index contributed by atoms with van der Waals surface area (Å²) in [6.07, 6.45) is 2.06. The van der Waals surface area contributed by atoms with Crippen molar-refractivity contribution in [2.24, 2.45) is 0 Å². The summed E-state index contributed by atoms with van der Waals surface area (Å²) in [7, 11) is 1.64. The third kappa shape index (κ3) is 3.60. The van der Waals surface area contributed by atoms with Crippen LogP contribution in [-0.2, 0) is 19.5 Å². The first-order valence-electron chi connectivity index (χ1n) is 8.73. The van der Waals surface area contributed by atoms with Crippen LogP contribution in [-0.4, -0.2) is 39.4 Å². The SMILES string of the molecule is CCN(C(=O)NCc1nnc2n1CCC2)C(C)c1cccc(OC)c1. The molecule has 1 atom stereocenters. The highest BCUT2D eigenvalue weighted by Gasteiger charge is 2.22. The van der Waals surface area contributed by atoms with Gasteiger partial charge in [-0.25, -0.2) is 4.79 Å². The fourth-order valence-corrected chi connectivity index (χ4v) is 3.27. The van der Waals surface area contributed by atoms with E-state index in [1.807, 2.05) is 38.1 Å². The van der Waals surface area contributed by atoms with Crippen LogP contribution in [0, 0.1) is 0 Å². The van der Waals surface area contributed by atoms with E-state index in [0.29, 0.717) is 13.1 Å². The van der Waals surface area contributed by atoms with E-state index in [9.17, 15) is 4.79 Å². The van der Waals surface area contributed by atoms with Gasteiger partial charge in [-0.1, -0.05) is 12.1 Å². The first kappa shape index (κ1) is 17.3. The minimum Gasteiger partial charge on any atom is -0.497 e. The van der Waals surface area contributed by atoms with Crippen molar-refractivity contribution in [1.82, 2.24) is 25.0 Å². The lowest BCUT2D eigenvalue weighted by Crippen LogP contribution is -2.41. The van der Waals surface area contributed by atoms with Crippen molar-refractivity contribution in [2.75, 3.05) is 13.7 Å². The van der Waals surface area contributed by atoms with Crippen molar-refractivity contribution < 1.29 is 9.53 Å². The molecule has 0 spiro atoms. The van der Waals surface area contributed by atoms with Crippen LogP contribution in [0.4, 0.5) is 4.79 Å². The van der Waals surface area contributed by atoms with Crippen LogP contribution in [0.2, 0.25) is 0 Å². The Bertz CT molecular complexity index is 743. The van der Waals surface area contributed by atoms with Gasteiger partial charge in [-0.15, -0.1) is 10.2 Å². The number of nitrogens with one attached hydrogen (secondary N) is 1. The Morgan fingerprint density at radius 2 is 2.28 bits per heavy atom. The number of hydrogen-bond donors (Lipinski definition) is 1. The molecule has 0 aliphatic carbocycles. The van der Waals surface area contributed by atoms with E-state index in [1.165, 1.54) is 0 Å². The van der Waals surface area contributed by atoms with E-state index in [1.54, 1.807) is 12.0 Å². The molecular weight excluding hydrogens is 318 g/mol. The number of rotatable bonds is 6. The number of carbonyl (C=O) groups excluding carboxylic acids is 1. The Kier molecular flexibility index (Phi) is 5.21. The highest BCUT2D eigenvalue weighted by molar-refractivity contribution is 5.74. The van der Waals surface area contributed by atoms with E-state index in [-0.39, 0.29) is 12.1 Å². The Labute approximate surface area is 148 Å². The summed E-state index contributed by atoms with van der Waals surface area (Å²) >= 11 is 0. The number of benzene rings is 1. The zero-order valence-corrected chi connectivity index (χ0v) is 15.0. The lowest BCUT2D eigenvalue weighted by molar-refractivity contribution is 0.182. The Morgan fingerprint density at radius 3 is 3.04 bits per heavy atom. The molecule has 25 heavy (non-hydrogen) atoms. The first-order chi connectivity index (χ1) is 12.1. The standard InChI is InChI=1S/C18H25N5O2/c1-4-22(13(2)14-7-5-8-15(11-14)25-3)18(24)19-12-17-21-20-16-9-6-10-23(16)17/h5,7-8,11,13H,4,6,9-10,12H2,1-3H3,(H,19,24). The number of ether oxygens (including phenoxy) is 1. The third-order valence-electron chi connectivity index (χ3n) is 4.73. The molecular formula is C18H25N5O2. The van der Waals surface area contributed by atoms with Crippen LogP contribution in [0.15, 0.2) is 24.3 Å². The first-order valence-corrected chi connectivity index (χ1v) is 8.73. The number of nitrogens with zero attached hydrogens (tertiary/aromatic N) is 4. The molecule has 2 aromatic rings. The number of amides is 2. The minimum atomic E-state index is -0.104. The number of methoxy groups -OCH3 is 1. The molecule has 7 nitrogen and oxygen atoms in total. The Morgan fingerprint density at radius 1 is 1.44 bits per heavy atom. The van der Waals surface area contributed by atoms with Gasteiger partial charge in [0.1, 0.15) is 11.6 Å². The van der Waals surface area contributed by atoms with Crippen LogP contribution < -0.4 is 10.1 Å². The van der Waals surface area contributed by atoms with Gasteiger partial charge < -0.3 is 19.5 Å². The average Bonchev–Trinajstić information content (AvgIpc) is 3.24. The fourth-order valence-electron chi connectivity index (χ4n) is 3.27. The molecule has 0 fully saturated rings. The maximum absolute atomic E-state index is 12.7. The molecule has 1 aromatic heterocycles. The molecule has 1 N–H and O–H groups in total. The van der Waals surface area contributed by atoms with Gasteiger partial charge in [-0.2, -0.15) is 0 Å². The fraction of sp³-hybridized carbons (Fsp3) is 0.500. The summed E-state index contributed by atoms with van der Waals surface area (Å²) in [5.74, 6) is 2.63. The van der Waals surface area contributed by atoms with Crippen LogP contribution >= 0.6 is 0 Å². The van der Waals surface area contributed by atoms with Crippen molar-refractivity contribution in [2.45, 2.75) is 45.8 Å².